The molecule has 3 rings (SSSR count). The Morgan fingerprint density at radius 2 is 2.11 bits per heavy atom. The van der Waals surface area contributed by atoms with Crippen LogP contribution in [0.3, 0.4) is 0 Å². The van der Waals surface area contributed by atoms with Crippen LogP contribution in [-0.2, 0) is 11.4 Å². The summed E-state index contributed by atoms with van der Waals surface area (Å²) in [6.07, 6.45) is 5.27. The van der Waals surface area contributed by atoms with Crippen molar-refractivity contribution in [3.05, 3.63) is 22.2 Å². The molecule has 0 amide bonds. The third-order valence-electron chi connectivity index (χ3n) is 3.32. The first-order valence-corrected chi connectivity index (χ1v) is 7.09. The van der Waals surface area contributed by atoms with Crippen molar-refractivity contribution < 1.29 is 14.3 Å². The fourth-order valence-electron chi connectivity index (χ4n) is 2.37. The second-order valence-corrected chi connectivity index (χ2v) is 5.51. The summed E-state index contributed by atoms with van der Waals surface area (Å²) in [5.41, 5.74) is 4.16. The van der Waals surface area contributed by atoms with Crippen molar-refractivity contribution in [1.29, 1.82) is 0 Å². The Labute approximate surface area is 115 Å². The van der Waals surface area contributed by atoms with Gasteiger partial charge in [0.05, 0.1) is 10.6 Å². The molecule has 0 unspecified atom stereocenters. The van der Waals surface area contributed by atoms with Crippen LogP contribution in [0.25, 0.3) is 0 Å². The maximum atomic E-state index is 5.63. The molecule has 5 heteroatoms. The van der Waals surface area contributed by atoms with Crippen LogP contribution in [0.1, 0.15) is 31.2 Å². The van der Waals surface area contributed by atoms with Gasteiger partial charge in [0, 0.05) is 6.54 Å². The monoisotopic (exact) mass is 313 g/mol. The molecule has 1 aliphatic heterocycles. The molecule has 1 fully saturated rings. The highest BCUT2D eigenvalue weighted by atomic mass is 79.9. The molecule has 1 aliphatic carbocycles. The van der Waals surface area contributed by atoms with Crippen molar-refractivity contribution in [1.82, 2.24) is 5.48 Å². The summed E-state index contributed by atoms with van der Waals surface area (Å²) < 4.78 is 11.7. The standard InChI is InChI=1S/C13H16BrNO3/c14-11-5-9(6-12-13(11)17-8-16-12)7-15-18-10-3-1-2-4-10/h5-6,10,15H,1-4,7-8H2. The van der Waals surface area contributed by atoms with Gasteiger partial charge in [-0.2, -0.15) is 5.48 Å². The van der Waals surface area contributed by atoms with E-state index in [4.69, 9.17) is 14.3 Å². The number of nitrogens with one attached hydrogen (secondary N) is 1. The highest BCUT2D eigenvalue weighted by Crippen LogP contribution is 2.39. The smallest absolute Gasteiger partial charge is 0.231 e. The second-order valence-electron chi connectivity index (χ2n) is 4.66. The van der Waals surface area contributed by atoms with Crippen molar-refractivity contribution in [3.8, 4) is 11.5 Å². The van der Waals surface area contributed by atoms with E-state index in [0.29, 0.717) is 19.4 Å². The number of fused-ring (bicyclic) bond motifs is 1. The zero-order valence-electron chi connectivity index (χ0n) is 10.1. The Hall–Kier alpha value is -0.780. The molecule has 1 saturated carbocycles. The Kier molecular flexibility index (Phi) is 3.72. The van der Waals surface area contributed by atoms with Crippen molar-refractivity contribution in [3.63, 3.8) is 0 Å². The summed E-state index contributed by atoms with van der Waals surface area (Å²) in [5, 5.41) is 0. The van der Waals surface area contributed by atoms with Gasteiger partial charge in [0.2, 0.25) is 6.79 Å². The van der Waals surface area contributed by atoms with Crippen LogP contribution in [0.2, 0.25) is 0 Å². The van der Waals surface area contributed by atoms with Gasteiger partial charge in [0.1, 0.15) is 0 Å². The van der Waals surface area contributed by atoms with E-state index >= 15 is 0 Å². The number of hydroxylamine groups is 1. The highest BCUT2D eigenvalue weighted by Gasteiger charge is 2.18. The lowest BCUT2D eigenvalue weighted by Gasteiger charge is -2.12. The van der Waals surface area contributed by atoms with Gasteiger partial charge in [-0.05, 0) is 46.5 Å². The lowest BCUT2D eigenvalue weighted by molar-refractivity contribution is -0.0244. The molecule has 98 valence electrons. The largest absolute Gasteiger partial charge is 0.454 e. The molecular formula is C13H16BrNO3. The van der Waals surface area contributed by atoms with Crippen LogP contribution in [0.5, 0.6) is 11.5 Å². The first kappa shape index (κ1) is 12.3. The topological polar surface area (TPSA) is 39.7 Å². The van der Waals surface area contributed by atoms with E-state index in [2.05, 4.69) is 21.4 Å². The van der Waals surface area contributed by atoms with Gasteiger partial charge in [0.15, 0.2) is 11.5 Å². The van der Waals surface area contributed by atoms with E-state index in [0.717, 1.165) is 34.4 Å². The van der Waals surface area contributed by atoms with E-state index in [9.17, 15) is 0 Å². The fraction of sp³-hybridized carbons (Fsp3) is 0.538. The van der Waals surface area contributed by atoms with E-state index in [-0.39, 0.29) is 0 Å². The average molecular weight is 314 g/mol. The number of ether oxygens (including phenoxy) is 2. The number of benzene rings is 1. The number of rotatable bonds is 4. The minimum atomic E-state index is 0.295. The molecule has 4 nitrogen and oxygen atoms in total. The van der Waals surface area contributed by atoms with Crippen molar-refractivity contribution in [2.24, 2.45) is 0 Å². The van der Waals surface area contributed by atoms with Gasteiger partial charge in [-0.15, -0.1) is 0 Å². The zero-order chi connectivity index (χ0) is 12.4. The molecule has 2 aliphatic rings. The Morgan fingerprint density at radius 3 is 2.94 bits per heavy atom. The summed E-state index contributed by atoms with van der Waals surface area (Å²) in [7, 11) is 0. The first-order chi connectivity index (χ1) is 8.83. The third-order valence-corrected chi connectivity index (χ3v) is 3.90. The van der Waals surface area contributed by atoms with Crippen LogP contribution in [0.15, 0.2) is 16.6 Å². The van der Waals surface area contributed by atoms with E-state index in [1.165, 1.54) is 12.8 Å². The van der Waals surface area contributed by atoms with Crippen LogP contribution in [0.4, 0.5) is 0 Å². The second kappa shape index (κ2) is 5.47. The maximum absolute atomic E-state index is 5.63. The maximum Gasteiger partial charge on any atom is 0.231 e. The van der Waals surface area contributed by atoms with Crippen LogP contribution in [0, 0.1) is 0 Å². The predicted octanol–water partition coefficient (Wildman–Crippen LogP) is 3.14. The lowest BCUT2D eigenvalue weighted by Crippen LogP contribution is -2.21. The molecule has 0 atom stereocenters. The van der Waals surface area contributed by atoms with E-state index < -0.39 is 0 Å². The number of hydrogen-bond donors (Lipinski definition) is 1. The van der Waals surface area contributed by atoms with Gasteiger partial charge in [-0.3, -0.25) is 4.84 Å². The molecule has 0 saturated heterocycles. The Balaban J connectivity index is 1.57. The summed E-state index contributed by atoms with van der Waals surface area (Å²) in [6.45, 7) is 0.967. The molecule has 0 spiro atoms. The Morgan fingerprint density at radius 1 is 1.28 bits per heavy atom. The molecule has 0 aromatic heterocycles. The Bertz CT molecular complexity index is 432. The summed E-state index contributed by atoms with van der Waals surface area (Å²) in [6, 6.07) is 4.01. The van der Waals surface area contributed by atoms with Gasteiger partial charge in [-0.1, -0.05) is 12.8 Å². The summed E-state index contributed by atoms with van der Waals surface area (Å²) in [5.74, 6) is 1.58. The third kappa shape index (κ3) is 2.63. The minimum Gasteiger partial charge on any atom is -0.454 e. The van der Waals surface area contributed by atoms with Gasteiger partial charge in [0.25, 0.3) is 0 Å². The molecule has 1 aromatic rings. The molecule has 1 aromatic carbocycles. The zero-order valence-corrected chi connectivity index (χ0v) is 11.7. The molecule has 0 bridgehead atoms. The van der Waals surface area contributed by atoms with Crippen molar-refractivity contribution in [2.45, 2.75) is 38.3 Å². The average Bonchev–Trinajstić information content (AvgIpc) is 2.99. The van der Waals surface area contributed by atoms with Crippen LogP contribution < -0.4 is 15.0 Å². The molecule has 1 heterocycles. The predicted molar refractivity (Wildman–Crippen MR) is 70.4 cm³/mol. The van der Waals surface area contributed by atoms with Gasteiger partial charge >= 0.3 is 0 Å². The summed E-state index contributed by atoms with van der Waals surface area (Å²) >= 11 is 3.48. The lowest BCUT2D eigenvalue weighted by atomic mass is 10.2. The van der Waals surface area contributed by atoms with Crippen molar-refractivity contribution in [2.75, 3.05) is 6.79 Å². The quantitative estimate of drug-likeness (QED) is 0.867. The van der Waals surface area contributed by atoms with Gasteiger partial charge < -0.3 is 9.47 Å². The normalized spacial score (nSPS) is 18.5. The van der Waals surface area contributed by atoms with Gasteiger partial charge in [-0.25, -0.2) is 0 Å². The first-order valence-electron chi connectivity index (χ1n) is 6.29. The van der Waals surface area contributed by atoms with Crippen molar-refractivity contribution >= 4 is 15.9 Å². The van der Waals surface area contributed by atoms with E-state index in [1.54, 1.807) is 0 Å². The highest BCUT2D eigenvalue weighted by molar-refractivity contribution is 9.10. The van der Waals surface area contributed by atoms with Crippen LogP contribution in [-0.4, -0.2) is 12.9 Å². The SMILES string of the molecule is Brc1cc(CNOC2CCCC2)cc2c1OCO2. The molecule has 0 radical (unpaired) electrons. The number of halogens is 1. The van der Waals surface area contributed by atoms with E-state index in [1.807, 2.05) is 12.1 Å². The van der Waals surface area contributed by atoms with Crippen LogP contribution >= 0.6 is 15.9 Å². The minimum absolute atomic E-state index is 0.295. The fourth-order valence-corrected chi connectivity index (χ4v) is 2.98. The number of hydrogen-bond acceptors (Lipinski definition) is 4. The molecular weight excluding hydrogens is 298 g/mol. The summed E-state index contributed by atoms with van der Waals surface area (Å²) in [4.78, 5) is 5.63. The molecule has 1 N–H and O–H groups in total. The molecule has 18 heavy (non-hydrogen) atoms.